The summed E-state index contributed by atoms with van der Waals surface area (Å²) in [4.78, 5) is 0.403. The molecule has 164 valence electrons. The summed E-state index contributed by atoms with van der Waals surface area (Å²) >= 11 is 0.102. The number of nitrogens with one attached hydrogen (secondary N) is 3. The highest BCUT2D eigenvalue weighted by Crippen LogP contribution is 2.38. The first-order chi connectivity index (χ1) is 14.1. The zero-order valence-electron chi connectivity index (χ0n) is 16.9. The van der Waals surface area contributed by atoms with Crippen molar-refractivity contribution in [3.05, 3.63) is 53.3 Å². The number of aliphatic hydroxyl groups excluding tert-OH is 1. The Balaban J connectivity index is 2.66. The number of hydrogen-bond donors (Lipinski definition) is 4. The molecule has 0 aliphatic rings. The van der Waals surface area contributed by atoms with Gasteiger partial charge in [-0.1, -0.05) is 26.0 Å². The van der Waals surface area contributed by atoms with Gasteiger partial charge in [-0.05, 0) is 42.7 Å². The second-order valence-corrected chi connectivity index (χ2v) is 9.28. The van der Waals surface area contributed by atoms with Crippen LogP contribution in [-0.2, 0) is 15.6 Å². The lowest BCUT2D eigenvalue weighted by molar-refractivity contribution is 0.0884. The Hall–Kier alpha value is -2.17. The highest BCUT2D eigenvalue weighted by molar-refractivity contribution is 7.94. The Morgan fingerprint density at radius 1 is 1.23 bits per heavy atom. The zero-order valence-corrected chi connectivity index (χ0v) is 18.5. The van der Waals surface area contributed by atoms with E-state index in [-0.39, 0.29) is 29.1 Å². The fraction of sp³-hybridized carbons (Fsp3) is 0.350. The molecule has 0 saturated carbocycles. The predicted octanol–water partition coefficient (Wildman–Crippen LogP) is 4.66. The van der Waals surface area contributed by atoms with Crippen molar-refractivity contribution in [2.75, 3.05) is 16.3 Å². The van der Waals surface area contributed by atoms with Gasteiger partial charge in [-0.2, -0.15) is 3.89 Å². The van der Waals surface area contributed by atoms with E-state index in [1.54, 1.807) is 31.2 Å². The van der Waals surface area contributed by atoms with Gasteiger partial charge >= 0.3 is 0 Å². The van der Waals surface area contributed by atoms with Crippen LogP contribution in [0.15, 0.2) is 41.3 Å². The van der Waals surface area contributed by atoms with Crippen molar-refractivity contribution in [1.82, 2.24) is 0 Å². The molecule has 0 radical (unpaired) electrons. The van der Waals surface area contributed by atoms with Crippen molar-refractivity contribution in [1.29, 1.82) is 5.41 Å². The molecule has 2 aromatic rings. The van der Waals surface area contributed by atoms with Crippen LogP contribution in [0.3, 0.4) is 0 Å². The van der Waals surface area contributed by atoms with Crippen molar-refractivity contribution >= 4 is 39.8 Å². The van der Waals surface area contributed by atoms with Gasteiger partial charge < -0.3 is 15.8 Å². The maximum absolute atomic E-state index is 14.3. The van der Waals surface area contributed by atoms with Gasteiger partial charge in [-0.15, -0.1) is 0 Å². The van der Waals surface area contributed by atoms with E-state index in [0.29, 0.717) is 23.3 Å². The number of anilines is 2. The van der Waals surface area contributed by atoms with Crippen LogP contribution < -0.4 is 10.0 Å². The van der Waals surface area contributed by atoms with Gasteiger partial charge in [0.15, 0.2) is 0 Å². The Labute approximate surface area is 179 Å². The van der Waals surface area contributed by atoms with E-state index in [1.165, 1.54) is 0 Å². The Morgan fingerprint density at radius 3 is 2.30 bits per heavy atom. The van der Waals surface area contributed by atoms with Crippen LogP contribution in [0.5, 0.6) is 0 Å². The molecule has 0 amide bonds. The lowest BCUT2D eigenvalue weighted by Gasteiger charge is -2.40. The van der Waals surface area contributed by atoms with Gasteiger partial charge in [-0.3, -0.25) is 4.72 Å². The maximum atomic E-state index is 14.3. The van der Waals surface area contributed by atoms with Crippen LogP contribution in [0.25, 0.3) is 0 Å². The molecule has 10 heteroatoms. The molecule has 0 aliphatic carbocycles. The van der Waals surface area contributed by atoms with Gasteiger partial charge in [0.25, 0.3) is 0 Å². The molecule has 6 nitrogen and oxygen atoms in total. The lowest BCUT2D eigenvalue weighted by atomic mass is 9.80. The third-order valence-electron chi connectivity index (χ3n) is 4.91. The second kappa shape index (κ2) is 9.76. The molecular weight excluding hydrogens is 432 g/mol. The van der Waals surface area contributed by atoms with Crippen molar-refractivity contribution in [2.45, 2.75) is 43.2 Å². The lowest BCUT2D eigenvalue weighted by Crippen LogP contribution is -2.46. The van der Waals surface area contributed by atoms with Crippen LogP contribution >= 0.6 is 12.1 Å². The predicted molar refractivity (Wildman–Crippen MR) is 118 cm³/mol. The van der Waals surface area contributed by atoms with Crippen molar-refractivity contribution in [3.8, 4) is 0 Å². The molecule has 0 fully saturated rings. The highest BCUT2D eigenvalue weighted by atomic mass is 32.2. The molecule has 0 bridgehead atoms. The van der Waals surface area contributed by atoms with E-state index in [0.717, 1.165) is 24.6 Å². The fourth-order valence-corrected chi connectivity index (χ4v) is 4.24. The quantitative estimate of drug-likeness (QED) is 0.389. The normalized spacial score (nSPS) is 14.6. The molecule has 2 aromatic carbocycles. The second-order valence-electron chi connectivity index (χ2n) is 6.91. The molecule has 0 aromatic heterocycles. The number of aliphatic hydroxyl groups is 1. The molecule has 4 N–H and O–H groups in total. The first-order valence-corrected chi connectivity index (χ1v) is 11.9. The van der Waals surface area contributed by atoms with E-state index in [2.05, 4.69) is 10.0 Å². The summed E-state index contributed by atoms with van der Waals surface area (Å²) in [5.41, 5.74) is -0.249. The Bertz CT molecular complexity index is 1000. The van der Waals surface area contributed by atoms with E-state index in [9.17, 15) is 21.8 Å². The molecule has 2 atom stereocenters. The summed E-state index contributed by atoms with van der Waals surface area (Å²) in [6, 6.07) is 8.64. The zero-order chi connectivity index (χ0) is 22.5. The summed E-state index contributed by atoms with van der Waals surface area (Å²) in [6.07, 6.45) is 1.69. The number of halogens is 2. The van der Waals surface area contributed by atoms with Gasteiger partial charge in [0.2, 0.25) is 10.0 Å². The third kappa shape index (κ3) is 5.30. The first kappa shape index (κ1) is 24.1. The minimum atomic E-state index is -3.71. The molecular formula is C20H25F2N3O3S2. The van der Waals surface area contributed by atoms with Crippen molar-refractivity contribution < 1.29 is 21.8 Å². The van der Waals surface area contributed by atoms with Crippen molar-refractivity contribution in [3.63, 3.8) is 0 Å². The van der Waals surface area contributed by atoms with E-state index >= 15 is 0 Å². The van der Waals surface area contributed by atoms with Crippen LogP contribution in [-0.4, -0.2) is 32.1 Å². The van der Waals surface area contributed by atoms with Crippen LogP contribution in [0.1, 0.15) is 37.8 Å². The van der Waals surface area contributed by atoms with Crippen LogP contribution in [0.4, 0.5) is 19.7 Å². The third-order valence-corrected chi connectivity index (χ3v) is 5.96. The van der Waals surface area contributed by atoms with E-state index in [1.807, 2.05) is 6.92 Å². The standard InChI is InChI=1S/C20H25F2N3O3S2/c1-4-19(26)20(5-2,13-6-8-15(29-22)9-7-13)24-17-10-14(21)11-18(16(17)12-23)25-30(3,27)28/h6-12,19,23-26H,4-5H2,1-3H3. The number of hydrogen-bond acceptors (Lipinski definition) is 6. The first-order valence-electron chi connectivity index (χ1n) is 9.27. The van der Waals surface area contributed by atoms with E-state index in [4.69, 9.17) is 5.41 Å². The minimum Gasteiger partial charge on any atom is -0.390 e. The molecule has 0 spiro atoms. The van der Waals surface area contributed by atoms with E-state index < -0.39 is 27.5 Å². The summed E-state index contributed by atoms with van der Waals surface area (Å²) in [5, 5.41) is 21.8. The molecule has 0 heterocycles. The molecule has 0 saturated heterocycles. The average molecular weight is 458 g/mol. The van der Waals surface area contributed by atoms with Crippen LogP contribution in [0, 0.1) is 11.2 Å². The smallest absolute Gasteiger partial charge is 0.229 e. The molecule has 0 aliphatic heterocycles. The average Bonchev–Trinajstić information content (AvgIpc) is 2.70. The number of rotatable bonds is 10. The Morgan fingerprint density at radius 2 is 1.83 bits per heavy atom. The molecule has 2 rings (SSSR count). The van der Waals surface area contributed by atoms with Crippen LogP contribution in [0.2, 0.25) is 0 Å². The van der Waals surface area contributed by atoms with Crippen molar-refractivity contribution in [2.24, 2.45) is 0 Å². The van der Waals surface area contributed by atoms with Gasteiger partial charge in [0.05, 0.1) is 35.7 Å². The largest absolute Gasteiger partial charge is 0.390 e. The molecule has 30 heavy (non-hydrogen) atoms. The SMILES string of the molecule is CCC(O)C(CC)(Nc1cc(F)cc(NS(C)(=O)=O)c1C=N)c1ccc(SF)cc1. The summed E-state index contributed by atoms with van der Waals surface area (Å²) in [5.74, 6) is -0.714. The van der Waals surface area contributed by atoms with Gasteiger partial charge in [-0.25, -0.2) is 12.8 Å². The summed E-state index contributed by atoms with van der Waals surface area (Å²) in [6.45, 7) is 3.63. The topological polar surface area (TPSA) is 102 Å². The Kier molecular flexibility index (Phi) is 7.84. The molecule has 2 unspecified atom stereocenters. The number of sulfonamides is 1. The monoisotopic (exact) mass is 457 g/mol. The van der Waals surface area contributed by atoms with Gasteiger partial charge in [0, 0.05) is 22.4 Å². The minimum absolute atomic E-state index is 0.0878. The summed E-state index contributed by atoms with van der Waals surface area (Å²) in [7, 11) is -3.71. The summed E-state index contributed by atoms with van der Waals surface area (Å²) < 4.78 is 52.7. The van der Waals surface area contributed by atoms with Gasteiger partial charge in [0.1, 0.15) is 5.82 Å². The highest BCUT2D eigenvalue weighted by Gasteiger charge is 2.38. The number of benzene rings is 2. The fourth-order valence-electron chi connectivity index (χ4n) is 3.43. The maximum Gasteiger partial charge on any atom is 0.229 e.